The lowest BCUT2D eigenvalue weighted by Crippen LogP contribution is -2.26. The second-order valence-corrected chi connectivity index (χ2v) is 4.92. The molecule has 1 aromatic rings. The summed E-state index contributed by atoms with van der Waals surface area (Å²) in [6.07, 6.45) is 0. The Hall–Kier alpha value is -1.38. The fraction of sp³-hybridized carbons (Fsp3) is 0.333. The number of nitrogens with two attached hydrogens (primary N) is 1. The number of methoxy groups -OCH3 is 1. The van der Waals surface area contributed by atoms with Crippen LogP contribution in [0.15, 0.2) is 17.0 Å². The highest BCUT2D eigenvalue weighted by Crippen LogP contribution is 2.28. The number of aliphatic hydroxyl groups excluding tert-OH is 1. The molecule has 0 amide bonds. The highest BCUT2D eigenvalue weighted by molar-refractivity contribution is 7.89. The predicted octanol–water partition coefficient (Wildman–Crippen LogP) is -0.313. The molecule has 0 aromatic heterocycles. The number of nitrogen functional groups attached to an aromatic ring is 1. The summed E-state index contributed by atoms with van der Waals surface area (Å²) in [5.74, 6) is -1.07. The van der Waals surface area contributed by atoms with Crippen LogP contribution in [-0.4, -0.2) is 33.8 Å². The molecule has 4 N–H and O–H groups in total. The van der Waals surface area contributed by atoms with Crippen LogP contribution in [-0.2, 0) is 10.0 Å². The topological polar surface area (TPSA) is 102 Å². The molecule has 96 valence electrons. The highest BCUT2D eigenvalue weighted by atomic mass is 32.2. The van der Waals surface area contributed by atoms with Crippen LogP contribution in [0.4, 0.5) is 10.1 Å². The third-order valence-electron chi connectivity index (χ3n) is 1.96. The second kappa shape index (κ2) is 5.30. The summed E-state index contributed by atoms with van der Waals surface area (Å²) in [5, 5.41) is 8.52. The lowest BCUT2D eigenvalue weighted by atomic mass is 10.3. The molecular formula is C9H13FN2O4S. The Morgan fingerprint density at radius 1 is 1.53 bits per heavy atom. The molecule has 8 heteroatoms. The first-order valence-corrected chi connectivity index (χ1v) is 6.14. The van der Waals surface area contributed by atoms with Gasteiger partial charge in [-0.1, -0.05) is 0 Å². The number of sulfonamides is 1. The van der Waals surface area contributed by atoms with Crippen LogP contribution in [0.1, 0.15) is 0 Å². The number of benzene rings is 1. The molecule has 0 atom stereocenters. The van der Waals surface area contributed by atoms with Gasteiger partial charge in [-0.2, -0.15) is 0 Å². The smallest absolute Gasteiger partial charge is 0.240 e. The summed E-state index contributed by atoms with van der Waals surface area (Å²) >= 11 is 0. The Balaban J connectivity index is 3.16. The first kappa shape index (κ1) is 13.7. The minimum Gasteiger partial charge on any atom is -0.492 e. The zero-order chi connectivity index (χ0) is 13.1. The Morgan fingerprint density at radius 2 is 2.18 bits per heavy atom. The molecule has 0 unspecified atom stereocenters. The summed E-state index contributed by atoms with van der Waals surface area (Å²) < 4.78 is 43.4. The van der Waals surface area contributed by atoms with Crippen molar-refractivity contribution in [2.24, 2.45) is 0 Å². The van der Waals surface area contributed by atoms with E-state index in [4.69, 9.17) is 10.8 Å². The van der Waals surface area contributed by atoms with E-state index in [1.165, 1.54) is 7.11 Å². The maximum atomic E-state index is 13.4. The molecule has 17 heavy (non-hydrogen) atoms. The zero-order valence-electron chi connectivity index (χ0n) is 9.10. The van der Waals surface area contributed by atoms with Crippen molar-refractivity contribution >= 4 is 15.7 Å². The van der Waals surface area contributed by atoms with E-state index in [-0.39, 0.29) is 29.5 Å². The quantitative estimate of drug-likeness (QED) is 0.633. The van der Waals surface area contributed by atoms with Crippen LogP contribution in [0.2, 0.25) is 0 Å². The number of hydrogen-bond donors (Lipinski definition) is 3. The van der Waals surface area contributed by atoms with Gasteiger partial charge in [0.25, 0.3) is 0 Å². The zero-order valence-corrected chi connectivity index (χ0v) is 9.92. The van der Waals surface area contributed by atoms with E-state index in [0.717, 1.165) is 12.1 Å². The number of anilines is 1. The van der Waals surface area contributed by atoms with E-state index in [1.807, 2.05) is 0 Å². The van der Waals surface area contributed by atoms with Crippen LogP contribution in [0.3, 0.4) is 0 Å². The lowest BCUT2D eigenvalue weighted by molar-refractivity contribution is 0.301. The van der Waals surface area contributed by atoms with Crippen molar-refractivity contribution in [3.05, 3.63) is 17.9 Å². The average molecular weight is 264 g/mol. The van der Waals surface area contributed by atoms with Crippen LogP contribution in [0, 0.1) is 5.82 Å². The Morgan fingerprint density at radius 3 is 2.65 bits per heavy atom. The second-order valence-electron chi connectivity index (χ2n) is 3.15. The monoisotopic (exact) mass is 264 g/mol. The highest BCUT2D eigenvalue weighted by Gasteiger charge is 2.18. The van der Waals surface area contributed by atoms with Crippen LogP contribution in [0.5, 0.6) is 5.75 Å². The van der Waals surface area contributed by atoms with E-state index in [9.17, 15) is 12.8 Å². The summed E-state index contributed by atoms with van der Waals surface area (Å²) in [6, 6.07) is 1.89. The minimum atomic E-state index is -3.88. The van der Waals surface area contributed by atoms with Crippen molar-refractivity contribution < 1.29 is 22.7 Å². The number of halogens is 1. The third-order valence-corrected chi connectivity index (χ3v) is 3.40. The van der Waals surface area contributed by atoms with Gasteiger partial charge in [-0.15, -0.1) is 0 Å². The molecular weight excluding hydrogens is 251 g/mol. The molecule has 0 saturated carbocycles. The van der Waals surface area contributed by atoms with Gasteiger partial charge in [0.1, 0.15) is 0 Å². The van der Waals surface area contributed by atoms with Gasteiger partial charge < -0.3 is 15.6 Å². The molecule has 0 spiro atoms. The molecule has 0 heterocycles. The lowest BCUT2D eigenvalue weighted by Gasteiger charge is -2.09. The molecule has 0 aliphatic rings. The fourth-order valence-electron chi connectivity index (χ4n) is 1.22. The van der Waals surface area contributed by atoms with Gasteiger partial charge in [0.2, 0.25) is 10.0 Å². The first-order valence-electron chi connectivity index (χ1n) is 4.66. The van der Waals surface area contributed by atoms with E-state index >= 15 is 0 Å². The van der Waals surface area contributed by atoms with Gasteiger partial charge in [0, 0.05) is 6.54 Å². The van der Waals surface area contributed by atoms with Gasteiger partial charge in [-0.25, -0.2) is 17.5 Å². The van der Waals surface area contributed by atoms with Gasteiger partial charge in [-0.3, -0.25) is 0 Å². The molecule has 0 aliphatic carbocycles. The number of nitrogens with one attached hydrogen (secondary N) is 1. The van der Waals surface area contributed by atoms with Crippen molar-refractivity contribution in [1.29, 1.82) is 0 Å². The summed E-state index contributed by atoms with van der Waals surface area (Å²) in [6.45, 7) is -0.511. The average Bonchev–Trinajstić information content (AvgIpc) is 2.26. The van der Waals surface area contributed by atoms with Gasteiger partial charge >= 0.3 is 0 Å². The van der Waals surface area contributed by atoms with Crippen molar-refractivity contribution in [3.8, 4) is 5.75 Å². The maximum Gasteiger partial charge on any atom is 0.240 e. The first-order chi connectivity index (χ1) is 7.92. The van der Waals surface area contributed by atoms with Crippen molar-refractivity contribution in [3.63, 3.8) is 0 Å². The molecule has 0 aliphatic heterocycles. The van der Waals surface area contributed by atoms with Crippen molar-refractivity contribution in [1.82, 2.24) is 4.72 Å². The number of rotatable bonds is 5. The molecule has 1 rings (SSSR count). The van der Waals surface area contributed by atoms with Gasteiger partial charge in [-0.05, 0) is 12.1 Å². The van der Waals surface area contributed by atoms with Gasteiger partial charge in [0.05, 0.1) is 24.3 Å². The van der Waals surface area contributed by atoms with E-state index in [0.29, 0.717) is 0 Å². The minimum absolute atomic E-state index is 0.114. The molecule has 0 bridgehead atoms. The SMILES string of the molecule is COc1c(N)cc(S(=O)(=O)NCCO)cc1F. The Kier molecular flexibility index (Phi) is 4.27. The van der Waals surface area contributed by atoms with E-state index < -0.39 is 15.8 Å². The van der Waals surface area contributed by atoms with Crippen molar-refractivity contribution in [2.45, 2.75) is 4.90 Å². The van der Waals surface area contributed by atoms with Crippen LogP contribution >= 0.6 is 0 Å². The largest absolute Gasteiger partial charge is 0.492 e. The Labute approximate surface area is 98.3 Å². The fourth-order valence-corrected chi connectivity index (χ4v) is 2.29. The van der Waals surface area contributed by atoms with Gasteiger partial charge in [0.15, 0.2) is 11.6 Å². The standard InChI is InChI=1S/C9H13FN2O4S/c1-16-9-7(10)4-6(5-8(9)11)17(14,15)12-2-3-13/h4-5,12-13H,2-3,11H2,1H3. The predicted molar refractivity (Wildman–Crippen MR) is 59.6 cm³/mol. The molecule has 6 nitrogen and oxygen atoms in total. The summed E-state index contributed by atoms with van der Waals surface area (Å²) in [7, 11) is -2.65. The molecule has 0 radical (unpaired) electrons. The Bertz CT molecular complexity index is 481. The van der Waals surface area contributed by atoms with E-state index in [1.54, 1.807) is 0 Å². The number of ether oxygens (including phenoxy) is 1. The molecule has 1 aromatic carbocycles. The normalized spacial score (nSPS) is 11.5. The van der Waals surface area contributed by atoms with Crippen LogP contribution < -0.4 is 15.2 Å². The van der Waals surface area contributed by atoms with Crippen molar-refractivity contribution in [2.75, 3.05) is 26.0 Å². The third kappa shape index (κ3) is 3.05. The summed E-state index contributed by atoms with van der Waals surface area (Å²) in [4.78, 5) is -0.318. The molecule has 0 saturated heterocycles. The van der Waals surface area contributed by atoms with Crippen LogP contribution in [0.25, 0.3) is 0 Å². The number of hydrogen-bond acceptors (Lipinski definition) is 5. The number of aliphatic hydroxyl groups is 1. The summed E-state index contributed by atoms with van der Waals surface area (Å²) in [5.41, 5.74) is 5.34. The maximum absolute atomic E-state index is 13.4. The molecule has 0 fully saturated rings. The van der Waals surface area contributed by atoms with E-state index in [2.05, 4.69) is 9.46 Å².